The van der Waals surface area contributed by atoms with Gasteiger partial charge < -0.3 is 21.7 Å². The Balaban J connectivity index is 0.00000289. The zero-order valence-corrected chi connectivity index (χ0v) is 20.5. The number of benzene rings is 2. The van der Waals surface area contributed by atoms with Crippen LogP contribution in [0.3, 0.4) is 0 Å². The van der Waals surface area contributed by atoms with Gasteiger partial charge in [0.15, 0.2) is 11.3 Å². The second-order valence-corrected chi connectivity index (χ2v) is 8.97. The lowest BCUT2D eigenvalue weighted by atomic mass is 10.1. The van der Waals surface area contributed by atoms with Gasteiger partial charge in [0, 0.05) is 43.8 Å². The maximum atomic E-state index is 6.40. The number of halogens is 1. The summed E-state index contributed by atoms with van der Waals surface area (Å²) >= 11 is 0. The second-order valence-electron chi connectivity index (χ2n) is 8.97. The highest BCUT2D eigenvalue weighted by Gasteiger charge is 2.16. The summed E-state index contributed by atoms with van der Waals surface area (Å²) < 4.78 is 8.88. The minimum Gasteiger partial charge on any atom is -1.00 e. The van der Waals surface area contributed by atoms with E-state index in [1.165, 1.54) is 68.8 Å². The molecule has 3 aliphatic rings. The highest BCUT2D eigenvalue weighted by atomic mass is 35.5. The lowest BCUT2D eigenvalue weighted by Gasteiger charge is -2.25. The molecule has 1 aliphatic carbocycles. The van der Waals surface area contributed by atoms with Gasteiger partial charge in [-0.3, -0.25) is 0 Å². The van der Waals surface area contributed by atoms with Crippen molar-refractivity contribution < 1.29 is 16.8 Å². The molecule has 1 saturated heterocycles. The maximum absolute atomic E-state index is 6.40. The second kappa shape index (κ2) is 12.2. The smallest absolute Gasteiger partial charge is 0.203 e. The summed E-state index contributed by atoms with van der Waals surface area (Å²) in [6.45, 7) is 9.05. The highest BCUT2D eigenvalue weighted by Crippen LogP contribution is 2.27. The Kier molecular flexibility index (Phi) is 9.40. The molecule has 0 saturated carbocycles. The van der Waals surface area contributed by atoms with E-state index < -0.39 is 0 Å². The van der Waals surface area contributed by atoms with Crippen molar-refractivity contribution in [2.45, 2.75) is 71.6 Å². The predicted octanol–water partition coefficient (Wildman–Crippen LogP) is 3.08. The fourth-order valence-electron chi connectivity index (χ4n) is 4.62. The van der Waals surface area contributed by atoms with Gasteiger partial charge in [-0.25, -0.2) is 9.56 Å². The fraction of sp³-hybridized carbons (Fsp3) is 0.556. The molecule has 1 aromatic carbocycles. The third kappa shape index (κ3) is 6.04. The maximum Gasteiger partial charge on any atom is 0.203 e. The van der Waals surface area contributed by atoms with Crippen LogP contribution in [0.4, 0.5) is 5.69 Å². The first-order valence-electron chi connectivity index (χ1n) is 12.5. The Morgan fingerprint density at radius 2 is 1.59 bits per heavy atom. The molecule has 2 aliphatic heterocycles. The van der Waals surface area contributed by atoms with Crippen molar-refractivity contribution in [2.75, 3.05) is 31.1 Å². The number of piperidine rings is 1. The molecule has 0 atom stereocenters. The molecule has 5 heteroatoms. The van der Waals surface area contributed by atoms with E-state index in [1.807, 2.05) is 0 Å². The zero-order chi connectivity index (χ0) is 21.5. The quantitative estimate of drug-likeness (QED) is 0.282. The van der Waals surface area contributed by atoms with Crippen LogP contribution >= 0.6 is 0 Å². The number of rotatable bonds is 9. The van der Waals surface area contributed by atoms with Crippen LogP contribution in [0.25, 0.3) is 22.6 Å². The van der Waals surface area contributed by atoms with Gasteiger partial charge in [0.05, 0.1) is 6.07 Å². The number of nitrogens with zero attached hydrogens (tertiary/aromatic N) is 3. The number of anilines is 1. The minimum absolute atomic E-state index is 0. The fourth-order valence-corrected chi connectivity index (χ4v) is 4.62. The van der Waals surface area contributed by atoms with Gasteiger partial charge in [-0.15, -0.1) is 0 Å². The van der Waals surface area contributed by atoms with Crippen molar-refractivity contribution in [1.82, 2.24) is 9.56 Å². The molecule has 32 heavy (non-hydrogen) atoms. The molecule has 0 aromatic heterocycles. The molecular formula is C27H38ClN3O. The van der Waals surface area contributed by atoms with Gasteiger partial charge in [-0.05, 0) is 37.5 Å². The molecule has 0 spiro atoms. The number of hydrogen-bond acceptors (Lipinski definition) is 3. The largest absolute Gasteiger partial charge is 1.00 e. The van der Waals surface area contributed by atoms with Crippen LogP contribution < -0.4 is 27.2 Å². The van der Waals surface area contributed by atoms with Crippen molar-refractivity contribution in [3.05, 3.63) is 41.8 Å². The zero-order valence-electron chi connectivity index (χ0n) is 19.8. The molecule has 174 valence electrons. The van der Waals surface area contributed by atoms with Gasteiger partial charge in [0.25, 0.3) is 0 Å². The predicted molar refractivity (Wildman–Crippen MR) is 131 cm³/mol. The standard InChI is InChI=1S/C27H38N3O.ClH/c1-3-5-8-16-29(17-9-6-4-2)22-12-14-24-26(20-22)31-27-21-23(13-15-25(27)28-24)30-18-10-7-11-19-30;/h12-15,20-21H,3-11,16-19H2,1-2H3;1H/q+1;/p-1. The lowest BCUT2D eigenvalue weighted by molar-refractivity contribution is -0.00000699. The summed E-state index contributed by atoms with van der Waals surface area (Å²) in [5, 5.41) is 1.26. The Morgan fingerprint density at radius 1 is 0.875 bits per heavy atom. The molecule has 0 amide bonds. The minimum atomic E-state index is 0. The Bertz CT molecular complexity index is 1010. The first-order valence-corrected chi connectivity index (χ1v) is 12.5. The third-order valence-corrected chi connectivity index (χ3v) is 6.50. The van der Waals surface area contributed by atoms with E-state index >= 15 is 0 Å². The Hall–Kier alpha value is -2.07. The Labute approximate surface area is 199 Å². The van der Waals surface area contributed by atoms with Crippen LogP contribution in [0.2, 0.25) is 0 Å². The third-order valence-electron chi connectivity index (χ3n) is 6.50. The molecule has 4 nitrogen and oxygen atoms in total. The first-order chi connectivity index (χ1) is 15.3. The van der Waals surface area contributed by atoms with E-state index in [4.69, 9.17) is 9.40 Å². The highest BCUT2D eigenvalue weighted by molar-refractivity contribution is 5.80. The van der Waals surface area contributed by atoms with Crippen molar-refractivity contribution in [2.24, 2.45) is 0 Å². The lowest BCUT2D eigenvalue weighted by Crippen LogP contribution is -3.00. The molecule has 1 fully saturated rings. The molecule has 1 aromatic rings. The topological polar surface area (TPSA) is 32.3 Å². The average Bonchev–Trinajstić information content (AvgIpc) is 2.82. The van der Waals surface area contributed by atoms with Crippen molar-refractivity contribution in [3.63, 3.8) is 0 Å². The molecular weight excluding hydrogens is 418 g/mol. The van der Waals surface area contributed by atoms with Crippen LogP contribution in [-0.4, -0.2) is 31.2 Å². The molecule has 0 bridgehead atoms. The van der Waals surface area contributed by atoms with E-state index in [1.54, 1.807) is 0 Å². The molecule has 0 N–H and O–H groups in total. The Morgan fingerprint density at radius 3 is 2.28 bits per heavy atom. The molecule has 0 unspecified atom stereocenters. The van der Waals surface area contributed by atoms with E-state index in [0.717, 1.165) is 48.7 Å². The summed E-state index contributed by atoms with van der Waals surface area (Å²) in [7, 11) is 0. The van der Waals surface area contributed by atoms with Crippen LogP contribution in [-0.2, 0) is 0 Å². The van der Waals surface area contributed by atoms with Crippen LogP contribution in [0, 0.1) is 0 Å². The monoisotopic (exact) mass is 455 g/mol. The summed E-state index contributed by atoms with van der Waals surface area (Å²) in [6, 6.07) is 13.0. The van der Waals surface area contributed by atoms with Crippen LogP contribution in [0.15, 0.2) is 40.8 Å². The SMILES string of the molecule is CCCCCN(CCCCC)c1ccc2nc3ccc(=[N+]4CCCCC4)cc-3oc2c1.[Cl-]. The average molecular weight is 456 g/mol. The van der Waals surface area contributed by atoms with Crippen LogP contribution in [0.5, 0.6) is 0 Å². The van der Waals surface area contributed by atoms with Crippen molar-refractivity contribution in [3.8, 4) is 11.5 Å². The van der Waals surface area contributed by atoms with Crippen molar-refractivity contribution in [1.29, 1.82) is 0 Å². The van der Waals surface area contributed by atoms with E-state index in [9.17, 15) is 0 Å². The summed E-state index contributed by atoms with van der Waals surface area (Å²) in [5.41, 5.74) is 4.02. The van der Waals surface area contributed by atoms with Gasteiger partial charge in [-0.1, -0.05) is 39.5 Å². The van der Waals surface area contributed by atoms with Crippen LogP contribution in [0.1, 0.15) is 71.6 Å². The normalized spacial score (nSPS) is 14.0. The van der Waals surface area contributed by atoms with Gasteiger partial charge in [0.2, 0.25) is 5.36 Å². The van der Waals surface area contributed by atoms with Gasteiger partial charge >= 0.3 is 0 Å². The molecule has 2 heterocycles. The van der Waals surface area contributed by atoms with E-state index in [-0.39, 0.29) is 12.4 Å². The van der Waals surface area contributed by atoms with E-state index in [0.29, 0.717) is 0 Å². The first kappa shape index (κ1) is 24.6. The van der Waals surface area contributed by atoms with Crippen molar-refractivity contribution >= 4 is 16.8 Å². The number of unbranched alkanes of at least 4 members (excludes halogenated alkanes) is 4. The number of aromatic nitrogens is 1. The van der Waals surface area contributed by atoms with Gasteiger partial charge in [0.1, 0.15) is 24.3 Å². The van der Waals surface area contributed by atoms with E-state index in [2.05, 4.69) is 59.7 Å². The molecule has 0 radical (unpaired) electrons. The number of hydrogen-bond donors (Lipinski definition) is 0. The van der Waals surface area contributed by atoms with Gasteiger partial charge in [-0.2, -0.15) is 0 Å². The summed E-state index contributed by atoms with van der Waals surface area (Å²) in [5.74, 6) is 0.885. The summed E-state index contributed by atoms with van der Waals surface area (Å²) in [4.78, 5) is 7.42. The molecule has 4 rings (SSSR count). The summed E-state index contributed by atoms with van der Waals surface area (Å²) in [6.07, 6.45) is 11.5. The number of fused-ring (bicyclic) bond motifs is 2.